The third-order valence-corrected chi connectivity index (χ3v) is 7.50. The second-order valence-corrected chi connectivity index (χ2v) is 10.5. The van der Waals surface area contributed by atoms with Crippen molar-refractivity contribution in [3.05, 3.63) is 48.0 Å². The Kier molecular flexibility index (Phi) is 9.21. The van der Waals surface area contributed by atoms with Crippen molar-refractivity contribution in [1.82, 2.24) is 24.3 Å². The molecule has 2 aliphatic rings. The molecule has 0 saturated carbocycles. The minimum atomic E-state index is 0.285. The summed E-state index contributed by atoms with van der Waals surface area (Å²) < 4.78 is 7.87. The molecule has 1 aromatic heterocycles. The molecule has 7 nitrogen and oxygen atoms in total. The minimum absolute atomic E-state index is 0.285. The van der Waals surface area contributed by atoms with Crippen LogP contribution in [-0.2, 0) is 17.8 Å². The molecule has 1 fully saturated rings. The van der Waals surface area contributed by atoms with Gasteiger partial charge >= 0.3 is 0 Å². The zero-order valence-electron chi connectivity index (χ0n) is 21.9. The Balaban J connectivity index is 1.43. The van der Waals surface area contributed by atoms with Crippen LogP contribution < -0.4 is 4.74 Å². The highest BCUT2D eigenvalue weighted by Crippen LogP contribution is 2.36. The maximum absolute atomic E-state index is 13.5. The van der Waals surface area contributed by atoms with Crippen molar-refractivity contribution in [2.45, 2.75) is 64.0 Å². The molecule has 2 atom stereocenters. The number of carbonyl (C=O) groups is 1. The molecule has 1 saturated heterocycles. The fraction of sp³-hybridized carbons (Fsp3) is 0.643. The molecule has 0 bridgehead atoms. The molecule has 192 valence electrons. The van der Waals surface area contributed by atoms with Gasteiger partial charge in [-0.05, 0) is 69.4 Å². The lowest BCUT2D eigenvalue weighted by Crippen LogP contribution is -2.43. The fourth-order valence-electron chi connectivity index (χ4n) is 5.46. The second kappa shape index (κ2) is 12.5. The molecule has 1 amide bonds. The van der Waals surface area contributed by atoms with Gasteiger partial charge < -0.3 is 19.1 Å². The average Bonchev–Trinajstić information content (AvgIpc) is 3.60. The van der Waals surface area contributed by atoms with Crippen molar-refractivity contribution in [3.63, 3.8) is 0 Å². The SMILES string of the molecule is CCCCN(CCCN(C)C)C(=O)CN1CC(c2ccc3c(c2)CCO3)CC1CCn1ccnc1. The van der Waals surface area contributed by atoms with E-state index in [2.05, 4.69) is 63.5 Å². The Labute approximate surface area is 211 Å². The van der Waals surface area contributed by atoms with Crippen LogP contribution >= 0.6 is 0 Å². The number of aromatic nitrogens is 2. The molecule has 2 unspecified atom stereocenters. The zero-order chi connectivity index (χ0) is 24.6. The summed E-state index contributed by atoms with van der Waals surface area (Å²) >= 11 is 0. The first kappa shape index (κ1) is 25.7. The largest absolute Gasteiger partial charge is 0.493 e. The van der Waals surface area contributed by atoms with Crippen molar-refractivity contribution < 1.29 is 9.53 Å². The lowest BCUT2D eigenvalue weighted by molar-refractivity contribution is -0.132. The number of likely N-dealkylation sites (tertiary alicyclic amines) is 1. The van der Waals surface area contributed by atoms with E-state index in [1.54, 1.807) is 0 Å². The molecule has 4 rings (SSSR count). The minimum Gasteiger partial charge on any atom is -0.493 e. The lowest BCUT2D eigenvalue weighted by atomic mass is 9.93. The molecule has 0 aliphatic carbocycles. The maximum Gasteiger partial charge on any atom is 0.236 e. The number of unbranched alkanes of at least 4 members (excludes halogenated alkanes) is 1. The number of amides is 1. The summed E-state index contributed by atoms with van der Waals surface area (Å²) in [5.74, 6) is 1.78. The first-order chi connectivity index (χ1) is 17.0. The van der Waals surface area contributed by atoms with Crippen LogP contribution in [0.1, 0.15) is 56.1 Å². The zero-order valence-corrected chi connectivity index (χ0v) is 21.9. The Morgan fingerprint density at radius 2 is 2.06 bits per heavy atom. The van der Waals surface area contributed by atoms with Gasteiger partial charge in [0.1, 0.15) is 5.75 Å². The molecule has 7 heteroatoms. The van der Waals surface area contributed by atoms with Gasteiger partial charge in [-0.15, -0.1) is 0 Å². The second-order valence-electron chi connectivity index (χ2n) is 10.5. The number of imidazole rings is 1. The predicted octanol–water partition coefficient (Wildman–Crippen LogP) is 3.65. The number of nitrogens with zero attached hydrogens (tertiary/aromatic N) is 5. The van der Waals surface area contributed by atoms with E-state index in [0.29, 0.717) is 18.5 Å². The topological polar surface area (TPSA) is 53.8 Å². The highest BCUT2D eigenvalue weighted by molar-refractivity contribution is 5.78. The predicted molar refractivity (Wildman–Crippen MR) is 140 cm³/mol. The van der Waals surface area contributed by atoms with Gasteiger partial charge in [0.25, 0.3) is 0 Å². The van der Waals surface area contributed by atoms with Crippen LogP contribution in [0.25, 0.3) is 0 Å². The number of aryl methyl sites for hydroxylation is 1. The summed E-state index contributed by atoms with van der Waals surface area (Å²) in [7, 11) is 4.19. The van der Waals surface area contributed by atoms with Gasteiger partial charge in [0.15, 0.2) is 0 Å². The summed E-state index contributed by atoms with van der Waals surface area (Å²) in [5, 5.41) is 0. The molecular formula is C28H43N5O2. The number of ether oxygens (including phenoxy) is 1. The first-order valence-corrected chi connectivity index (χ1v) is 13.4. The molecule has 3 heterocycles. The van der Waals surface area contributed by atoms with E-state index in [1.807, 2.05) is 18.7 Å². The molecular weight excluding hydrogens is 438 g/mol. The standard InChI is InChI=1S/C28H43N5O2/c1-4-5-13-32(14-6-12-30(2)3)28(34)21-33-20-25(19-26(33)9-15-31-16-11-29-22-31)23-7-8-27-24(18-23)10-17-35-27/h7-8,11,16,18,22,25-26H,4-6,9-10,12-15,17,19-21H2,1-3H3. The van der Waals surface area contributed by atoms with Gasteiger partial charge in [-0.1, -0.05) is 25.5 Å². The monoisotopic (exact) mass is 481 g/mol. The molecule has 0 N–H and O–H groups in total. The van der Waals surface area contributed by atoms with Crippen molar-refractivity contribution in [2.24, 2.45) is 0 Å². The van der Waals surface area contributed by atoms with Crippen molar-refractivity contribution in [3.8, 4) is 5.75 Å². The van der Waals surface area contributed by atoms with Crippen LogP contribution in [0.2, 0.25) is 0 Å². The number of benzene rings is 1. The van der Waals surface area contributed by atoms with Crippen LogP contribution in [0.3, 0.4) is 0 Å². The average molecular weight is 482 g/mol. The van der Waals surface area contributed by atoms with Gasteiger partial charge in [0, 0.05) is 51.0 Å². The Morgan fingerprint density at radius 1 is 1.20 bits per heavy atom. The fourth-order valence-corrected chi connectivity index (χ4v) is 5.46. The van der Waals surface area contributed by atoms with Crippen molar-refractivity contribution in [1.29, 1.82) is 0 Å². The van der Waals surface area contributed by atoms with Gasteiger partial charge in [-0.3, -0.25) is 9.69 Å². The number of rotatable bonds is 13. The number of hydrogen-bond donors (Lipinski definition) is 0. The van der Waals surface area contributed by atoms with E-state index in [9.17, 15) is 4.79 Å². The number of carbonyl (C=O) groups excluding carboxylic acids is 1. The summed E-state index contributed by atoms with van der Waals surface area (Å²) in [4.78, 5) is 24.5. The van der Waals surface area contributed by atoms with Gasteiger partial charge in [0.2, 0.25) is 5.91 Å². The van der Waals surface area contributed by atoms with Crippen LogP contribution in [0.4, 0.5) is 0 Å². The van der Waals surface area contributed by atoms with Crippen LogP contribution in [0.15, 0.2) is 36.9 Å². The highest BCUT2D eigenvalue weighted by atomic mass is 16.5. The van der Waals surface area contributed by atoms with E-state index in [1.165, 1.54) is 11.1 Å². The van der Waals surface area contributed by atoms with Crippen LogP contribution in [0, 0.1) is 0 Å². The van der Waals surface area contributed by atoms with Gasteiger partial charge in [0.05, 0.1) is 19.5 Å². The summed E-state index contributed by atoms with van der Waals surface area (Å²) in [5.41, 5.74) is 2.73. The Morgan fingerprint density at radius 3 is 2.83 bits per heavy atom. The van der Waals surface area contributed by atoms with Crippen molar-refractivity contribution in [2.75, 3.05) is 53.4 Å². The Hall–Kier alpha value is -2.38. The molecule has 2 aliphatic heterocycles. The number of hydrogen-bond acceptors (Lipinski definition) is 5. The smallest absolute Gasteiger partial charge is 0.236 e. The van der Waals surface area contributed by atoms with E-state index in [4.69, 9.17) is 4.74 Å². The van der Waals surface area contributed by atoms with E-state index in [-0.39, 0.29) is 5.91 Å². The van der Waals surface area contributed by atoms with E-state index >= 15 is 0 Å². The Bertz CT molecular complexity index is 929. The first-order valence-electron chi connectivity index (χ1n) is 13.4. The van der Waals surface area contributed by atoms with Crippen molar-refractivity contribution >= 4 is 5.91 Å². The van der Waals surface area contributed by atoms with E-state index in [0.717, 1.165) is 83.6 Å². The van der Waals surface area contributed by atoms with E-state index < -0.39 is 0 Å². The molecule has 0 spiro atoms. The van der Waals surface area contributed by atoms with Crippen LogP contribution in [0.5, 0.6) is 5.75 Å². The summed E-state index contributed by atoms with van der Waals surface area (Å²) in [6.45, 7) is 8.10. The molecule has 35 heavy (non-hydrogen) atoms. The van der Waals surface area contributed by atoms with Gasteiger partial charge in [-0.2, -0.15) is 0 Å². The molecule has 0 radical (unpaired) electrons. The third kappa shape index (κ3) is 7.07. The third-order valence-electron chi connectivity index (χ3n) is 7.50. The quantitative estimate of drug-likeness (QED) is 0.437. The normalized spacial score (nSPS) is 19.8. The highest BCUT2D eigenvalue weighted by Gasteiger charge is 2.35. The molecule has 2 aromatic rings. The van der Waals surface area contributed by atoms with Crippen LogP contribution in [-0.4, -0.2) is 89.6 Å². The molecule has 1 aromatic carbocycles. The lowest BCUT2D eigenvalue weighted by Gasteiger charge is -2.29. The number of fused-ring (bicyclic) bond motifs is 1. The van der Waals surface area contributed by atoms with Gasteiger partial charge in [-0.25, -0.2) is 4.98 Å². The maximum atomic E-state index is 13.5. The summed E-state index contributed by atoms with van der Waals surface area (Å²) in [6, 6.07) is 7.12. The summed E-state index contributed by atoms with van der Waals surface area (Å²) in [6.07, 6.45) is 12.1.